The van der Waals surface area contributed by atoms with Gasteiger partial charge < -0.3 is 16.3 Å². The lowest BCUT2D eigenvalue weighted by Gasteiger charge is -2.09. The minimum atomic E-state index is -1.05. The largest absolute Gasteiger partial charge is 0.481 e. The molecule has 2 rings (SSSR count). The summed E-state index contributed by atoms with van der Waals surface area (Å²) in [7, 11) is 0. The summed E-state index contributed by atoms with van der Waals surface area (Å²) in [6, 6.07) is 7.56. The molecule has 0 saturated heterocycles. The Morgan fingerprint density at radius 2 is 1.93 bits per heavy atom. The Labute approximate surface area is 160 Å². The maximum absolute atomic E-state index is 12.1. The van der Waals surface area contributed by atoms with Gasteiger partial charge in [-0.2, -0.15) is 4.68 Å². The smallest absolute Gasteiger partial charge is 0.303 e. The molecule has 2 aromatic rings. The molecule has 9 nitrogen and oxygen atoms in total. The second-order valence-electron chi connectivity index (χ2n) is 6.11. The average molecular weight is 391 g/mol. The van der Waals surface area contributed by atoms with Crippen molar-refractivity contribution in [3.05, 3.63) is 45.9 Å². The lowest BCUT2D eigenvalue weighted by atomic mass is 10.0. The zero-order valence-corrected chi connectivity index (χ0v) is 15.8. The third-order valence-electron chi connectivity index (χ3n) is 3.70. The van der Waals surface area contributed by atoms with E-state index < -0.39 is 11.5 Å². The fourth-order valence-corrected chi connectivity index (χ4v) is 2.83. The van der Waals surface area contributed by atoms with Gasteiger partial charge in [-0.3, -0.25) is 14.4 Å². The summed E-state index contributed by atoms with van der Waals surface area (Å²) in [5, 5.41) is 19.0. The highest BCUT2D eigenvalue weighted by atomic mass is 32.2. The number of aromatic nitrogens is 3. The van der Waals surface area contributed by atoms with Crippen LogP contribution in [0.25, 0.3) is 0 Å². The van der Waals surface area contributed by atoms with Gasteiger partial charge in [-0.05, 0) is 23.6 Å². The minimum Gasteiger partial charge on any atom is -0.481 e. The molecule has 0 spiro atoms. The van der Waals surface area contributed by atoms with E-state index in [-0.39, 0.29) is 35.4 Å². The average Bonchev–Trinajstić information content (AvgIpc) is 2.62. The van der Waals surface area contributed by atoms with Crippen molar-refractivity contribution < 1.29 is 14.7 Å². The summed E-state index contributed by atoms with van der Waals surface area (Å²) in [6.45, 7) is 4.18. The highest BCUT2D eigenvalue weighted by molar-refractivity contribution is 7.99. The number of carbonyl (C=O) groups is 2. The quantitative estimate of drug-likeness (QED) is 0.451. The lowest BCUT2D eigenvalue weighted by molar-refractivity contribution is -0.137. The van der Waals surface area contributed by atoms with Crippen LogP contribution in [-0.4, -0.2) is 37.6 Å². The number of carbonyl (C=O) groups excluding carboxylic acids is 1. The summed E-state index contributed by atoms with van der Waals surface area (Å²) >= 11 is 0.966. The summed E-state index contributed by atoms with van der Waals surface area (Å²) in [5.41, 5.74) is 1.19. The van der Waals surface area contributed by atoms with Crippen LogP contribution in [0.15, 0.2) is 34.2 Å². The van der Waals surface area contributed by atoms with E-state index in [1.165, 1.54) is 5.56 Å². The Balaban J connectivity index is 1.95. The summed E-state index contributed by atoms with van der Waals surface area (Å²) < 4.78 is 0.777. The molecular formula is C17H21N5O4S. The van der Waals surface area contributed by atoms with Crippen molar-refractivity contribution in [3.63, 3.8) is 0 Å². The summed E-state index contributed by atoms with van der Waals surface area (Å²) in [6.07, 6.45) is -0.301. The number of hydrogen-bond donors (Lipinski definition) is 3. The fraction of sp³-hybridized carbons (Fsp3) is 0.353. The first-order valence-corrected chi connectivity index (χ1v) is 9.24. The van der Waals surface area contributed by atoms with Gasteiger partial charge in [-0.1, -0.05) is 37.7 Å². The second-order valence-corrected chi connectivity index (χ2v) is 7.05. The van der Waals surface area contributed by atoms with Crippen LogP contribution in [0.2, 0.25) is 0 Å². The first-order valence-electron chi connectivity index (χ1n) is 8.26. The Morgan fingerprint density at radius 1 is 1.26 bits per heavy atom. The molecule has 1 amide bonds. The van der Waals surface area contributed by atoms with E-state index in [0.29, 0.717) is 11.6 Å². The predicted molar refractivity (Wildman–Crippen MR) is 102 cm³/mol. The number of nitrogens with one attached hydrogen (secondary N) is 1. The van der Waals surface area contributed by atoms with Crippen molar-refractivity contribution in [2.24, 2.45) is 0 Å². The number of rotatable bonds is 8. The van der Waals surface area contributed by atoms with Gasteiger partial charge in [-0.25, -0.2) is 0 Å². The van der Waals surface area contributed by atoms with Crippen molar-refractivity contribution in [1.82, 2.24) is 14.9 Å². The first kappa shape index (κ1) is 20.4. The van der Waals surface area contributed by atoms with Crippen molar-refractivity contribution in [2.75, 3.05) is 16.9 Å². The number of nitrogen functional groups attached to an aromatic ring is 1. The van der Waals surface area contributed by atoms with Gasteiger partial charge in [0.15, 0.2) is 0 Å². The molecule has 0 saturated carbocycles. The Morgan fingerprint density at radius 3 is 2.52 bits per heavy atom. The summed E-state index contributed by atoms with van der Waals surface area (Å²) in [5.74, 6) is 4.75. The first-order chi connectivity index (χ1) is 12.8. The van der Waals surface area contributed by atoms with Gasteiger partial charge in [-0.15, -0.1) is 10.2 Å². The normalized spacial score (nSPS) is 10.8. The Bertz CT molecular complexity index is 880. The van der Waals surface area contributed by atoms with Crippen LogP contribution in [0.5, 0.6) is 0 Å². The number of aryl methyl sites for hydroxylation is 1. The number of nitrogens with zero attached hydrogens (tertiary/aromatic N) is 3. The Kier molecular flexibility index (Phi) is 6.94. The number of amides is 1. The predicted octanol–water partition coefficient (Wildman–Crippen LogP) is 1.22. The number of carboxylic acid groups (broad SMARTS) is 1. The van der Waals surface area contributed by atoms with Gasteiger partial charge in [0.2, 0.25) is 11.1 Å². The fourth-order valence-electron chi connectivity index (χ4n) is 2.18. The maximum Gasteiger partial charge on any atom is 0.303 e. The van der Waals surface area contributed by atoms with E-state index in [1.807, 2.05) is 24.3 Å². The van der Waals surface area contributed by atoms with E-state index >= 15 is 0 Å². The monoisotopic (exact) mass is 391 g/mol. The highest BCUT2D eigenvalue weighted by Gasteiger charge is 2.13. The van der Waals surface area contributed by atoms with Crippen molar-refractivity contribution in [2.45, 2.75) is 37.8 Å². The van der Waals surface area contributed by atoms with Crippen molar-refractivity contribution >= 4 is 29.3 Å². The third-order valence-corrected chi connectivity index (χ3v) is 4.64. The SMILES string of the molecule is CC(C)c1ccc(NC(=O)CSc2nnc(CCC(=O)O)c(=O)n2N)cc1. The van der Waals surface area contributed by atoms with Crippen LogP contribution in [-0.2, 0) is 16.0 Å². The number of thioether (sulfide) groups is 1. The molecule has 1 aromatic carbocycles. The second kappa shape index (κ2) is 9.17. The zero-order chi connectivity index (χ0) is 20.0. The third kappa shape index (κ3) is 5.81. The number of anilines is 1. The Hall–Kier alpha value is -2.88. The molecule has 1 aromatic heterocycles. The maximum atomic E-state index is 12.1. The molecule has 0 aliphatic rings. The molecule has 10 heteroatoms. The van der Waals surface area contributed by atoms with E-state index in [9.17, 15) is 14.4 Å². The zero-order valence-electron chi connectivity index (χ0n) is 15.0. The summed E-state index contributed by atoms with van der Waals surface area (Å²) in [4.78, 5) is 34.7. The van der Waals surface area contributed by atoms with Crippen LogP contribution in [0.4, 0.5) is 5.69 Å². The standard InChI is InChI=1S/C17H21N5O4S/c1-10(2)11-3-5-12(6-4-11)19-14(23)9-27-17-21-20-13(7-8-15(24)25)16(26)22(17)18/h3-6,10H,7-9,18H2,1-2H3,(H,19,23)(H,24,25). The molecule has 1 heterocycles. The highest BCUT2D eigenvalue weighted by Crippen LogP contribution is 2.18. The van der Waals surface area contributed by atoms with E-state index in [4.69, 9.17) is 10.9 Å². The van der Waals surface area contributed by atoms with E-state index in [0.717, 1.165) is 16.4 Å². The molecule has 0 bridgehead atoms. The molecule has 4 N–H and O–H groups in total. The van der Waals surface area contributed by atoms with Gasteiger partial charge in [0.25, 0.3) is 5.56 Å². The van der Waals surface area contributed by atoms with Crippen LogP contribution >= 0.6 is 11.8 Å². The van der Waals surface area contributed by atoms with Gasteiger partial charge >= 0.3 is 5.97 Å². The number of hydrogen-bond acceptors (Lipinski definition) is 7. The molecule has 0 atom stereocenters. The van der Waals surface area contributed by atoms with Crippen LogP contribution < -0.4 is 16.7 Å². The molecule has 0 radical (unpaired) electrons. The molecule has 0 fully saturated rings. The number of benzene rings is 1. The van der Waals surface area contributed by atoms with Gasteiger partial charge in [0.1, 0.15) is 5.69 Å². The van der Waals surface area contributed by atoms with Crippen molar-refractivity contribution in [3.8, 4) is 0 Å². The molecule has 0 aliphatic heterocycles. The molecule has 27 heavy (non-hydrogen) atoms. The van der Waals surface area contributed by atoms with Gasteiger partial charge in [0.05, 0.1) is 12.2 Å². The number of carboxylic acids is 1. The molecule has 0 unspecified atom stereocenters. The molecule has 0 aliphatic carbocycles. The van der Waals surface area contributed by atoms with Crippen LogP contribution in [0.1, 0.15) is 37.4 Å². The van der Waals surface area contributed by atoms with E-state index in [1.54, 1.807) is 0 Å². The van der Waals surface area contributed by atoms with Crippen LogP contribution in [0.3, 0.4) is 0 Å². The molecular weight excluding hydrogens is 370 g/mol. The number of aliphatic carboxylic acids is 1. The van der Waals surface area contributed by atoms with Crippen LogP contribution in [0, 0.1) is 0 Å². The lowest BCUT2D eigenvalue weighted by Crippen LogP contribution is -2.34. The van der Waals surface area contributed by atoms with Crippen molar-refractivity contribution in [1.29, 1.82) is 0 Å². The topological polar surface area (TPSA) is 140 Å². The number of nitrogens with two attached hydrogens (primary N) is 1. The van der Waals surface area contributed by atoms with E-state index in [2.05, 4.69) is 29.4 Å². The molecule has 144 valence electrons. The van der Waals surface area contributed by atoms with Gasteiger partial charge in [0, 0.05) is 12.1 Å². The minimum absolute atomic E-state index is 0.00821.